The Morgan fingerprint density at radius 3 is 1.62 bits per heavy atom. The molecule has 0 aromatic heterocycles. The number of amides is 6. The standard InChI is InChI=1S/C41H65N7O6S2/c1-54-39(51)30-20-18-29(19-21-30)26-48(24-12-4-2-10-22-42-35(49)16-8-6-14-33-37-31(27-55-33)44-40(52)46-37)25-13-5-3-11-23-43-36(50)17-9-7-15-34-38-32(28-56-34)45-41(53)47-38/h18-21,31-34,37-38H,2-17,22-28H2,1H3,(H,42,49)(H,43,50)(H2,44,46,52)(H2,45,47,53)/t31-,32-,33-,34-,37-,38-/m0/s1. The lowest BCUT2D eigenvalue weighted by molar-refractivity contribution is -0.122. The van der Waals surface area contributed by atoms with Crippen molar-refractivity contribution in [1.29, 1.82) is 0 Å². The van der Waals surface area contributed by atoms with Gasteiger partial charge >= 0.3 is 18.0 Å². The summed E-state index contributed by atoms with van der Waals surface area (Å²) in [5.41, 5.74) is 1.73. The van der Waals surface area contributed by atoms with Crippen molar-refractivity contribution in [2.75, 3.05) is 44.8 Å². The van der Waals surface area contributed by atoms with Gasteiger partial charge < -0.3 is 36.6 Å². The highest BCUT2D eigenvalue weighted by Crippen LogP contribution is 2.34. The predicted molar refractivity (Wildman–Crippen MR) is 224 cm³/mol. The number of rotatable bonds is 27. The number of hydrogen-bond donors (Lipinski definition) is 6. The molecular weight excluding hydrogens is 751 g/mol. The summed E-state index contributed by atoms with van der Waals surface area (Å²) < 4.78 is 4.86. The van der Waals surface area contributed by atoms with Crippen molar-refractivity contribution in [3.63, 3.8) is 0 Å². The fraction of sp³-hybridized carbons (Fsp3) is 0.732. The number of thioether (sulfide) groups is 2. The van der Waals surface area contributed by atoms with Crippen LogP contribution in [0.4, 0.5) is 9.59 Å². The first-order chi connectivity index (χ1) is 27.3. The third kappa shape index (κ3) is 14.6. The minimum Gasteiger partial charge on any atom is -0.465 e. The number of methoxy groups -OCH3 is 1. The van der Waals surface area contributed by atoms with Crippen molar-refractivity contribution in [3.8, 4) is 0 Å². The fourth-order valence-electron chi connectivity index (χ4n) is 8.20. The average molecular weight is 816 g/mol. The molecule has 6 amide bonds. The van der Waals surface area contributed by atoms with Gasteiger partial charge in [-0.25, -0.2) is 14.4 Å². The number of fused-ring (bicyclic) bond motifs is 2. The third-order valence-corrected chi connectivity index (χ3v) is 14.4. The molecule has 56 heavy (non-hydrogen) atoms. The van der Waals surface area contributed by atoms with Gasteiger partial charge in [0.15, 0.2) is 0 Å². The van der Waals surface area contributed by atoms with Gasteiger partial charge in [-0.15, -0.1) is 0 Å². The largest absolute Gasteiger partial charge is 0.465 e. The average Bonchev–Trinajstić information content (AvgIpc) is 3.96. The van der Waals surface area contributed by atoms with E-state index in [1.807, 2.05) is 47.8 Å². The minimum absolute atomic E-state index is 0.0513. The van der Waals surface area contributed by atoms with Crippen LogP contribution in [0.2, 0.25) is 0 Å². The maximum Gasteiger partial charge on any atom is 0.337 e. The maximum absolute atomic E-state index is 12.4. The number of urea groups is 2. The van der Waals surface area contributed by atoms with Gasteiger partial charge in [-0.1, -0.05) is 50.7 Å². The van der Waals surface area contributed by atoms with E-state index >= 15 is 0 Å². The topological polar surface area (TPSA) is 170 Å². The summed E-state index contributed by atoms with van der Waals surface area (Å²) in [6.45, 7) is 4.25. The Morgan fingerprint density at radius 2 is 1.14 bits per heavy atom. The van der Waals surface area contributed by atoms with E-state index in [1.54, 1.807) is 0 Å². The zero-order chi connectivity index (χ0) is 39.5. The molecule has 4 aliphatic rings. The summed E-state index contributed by atoms with van der Waals surface area (Å²) in [4.78, 5) is 62.3. The molecule has 0 aliphatic carbocycles. The van der Waals surface area contributed by atoms with Gasteiger partial charge in [0.1, 0.15) is 0 Å². The summed E-state index contributed by atoms with van der Waals surface area (Å²) in [7, 11) is 1.40. The van der Waals surface area contributed by atoms with E-state index in [1.165, 1.54) is 12.7 Å². The molecule has 0 spiro atoms. The molecule has 0 unspecified atom stereocenters. The molecule has 1 aromatic carbocycles. The molecule has 0 saturated carbocycles. The Labute approximate surface area is 341 Å². The van der Waals surface area contributed by atoms with Gasteiger partial charge in [0, 0.05) is 54.5 Å². The molecule has 4 saturated heterocycles. The van der Waals surface area contributed by atoms with Crippen LogP contribution in [0, 0.1) is 0 Å². The number of ether oxygens (including phenoxy) is 1. The first-order valence-electron chi connectivity index (χ1n) is 21.1. The van der Waals surface area contributed by atoms with Crippen molar-refractivity contribution in [2.24, 2.45) is 0 Å². The highest BCUT2D eigenvalue weighted by molar-refractivity contribution is 8.00. The van der Waals surface area contributed by atoms with Crippen LogP contribution >= 0.6 is 23.5 Å². The molecule has 6 N–H and O–H groups in total. The van der Waals surface area contributed by atoms with Crippen LogP contribution in [-0.2, 0) is 20.9 Å². The van der Waals surface area contributed by atoms with Gasteiger partial charge in [0.05, 0.1) is 36.8 Å². The number of hydrogen-bond acceptors (Lipinski definition) is 9. The van der Waals surface area contributed by atoms with Gasteiger partial charge in [0.25, 0.3) is 0 Å². The van der Waals surface area contributed by atoms with E-state index in [4.69, 9.17) is 4.74 Å². The van der Waals surface area contributed by atoms with Crippen LogP contribution in [0.5, 0.6) is 0 Å². The Morgan fingerprint density at radius 1 is 0.661 bits per heavy atom. The van der Waals surface area contributed by atoms with Gasteiger partial charge in [0.2, 0.25) is 11.8 Å². The van der Waals surface area contributed by atoms with Crippen LogP contribution < -0.4 is 31.9 Å². The Bertz CT molecular complexity index is 1350. The molecule has 6 atom stereocenters. The molecule has 15 heteroatoms. The quantitative estimate of drug-likeness (QED) is 0.0403. The van der Waals surface area contributed by atoms with Crippen LogP contribution in [-0.4, -0.2) is 114 Å². The predicted octanol–water partition coefficient (Wildman–Crippen LogP) is 5.08. The zero-order valence-corrected chi connectivity index (χ0v) is 34.9. The van der Waals surface area contributed by atoms with Crippen molar-refractivity contribution < 1.29 is 28.7 Å². The van der Waals surface area contributed by atoms with E-state index in [2.05, 4.69) is 36.8 Å². The van der Waals surface area contributed by atoms with Crippen LogP contribution in [0.3, 0.4) is 0 Å². The fourth-order valence-corrected chi connectivity index (χ4v) is 11.3. The van der Waals surface area contributed by atoms with E-state index < -0.39 is 0 Å². The monoisotopic (exact) mass is 815 g/mol. The molecular formula is C41H65N7O6S2. The second-order valence-corrected chi connectivity index (χ2v) is 18.3. The second kappa shape index (κ2) is 23.9. The first kappa shape index (κ1) is 43.9. The lowest BCUT2D eigenvalue weighted by atomic mass is 10.0. The van der Waals surface area contributed by atoms with Crippen molar-refractivity contribution in [3.05, 3.63) is 35.4 Å². The highest BCUT2D eigenvalue weighted by atomic mass is 32.2. The number of unbranched alkanes of at least 4 members (excludes halogenated alkanes) is 8. The summed E-state index contributed by atoms with van der Waals surface area (Å²) >= 11 is 3.84. The van der Waals surface area contributed by atoms with Crippen LogP contribution in [0.25, 0.3) is 0 Å². The van der Waals surface area contributed by atoms with Crippen LogP contribution in [0.15, 0.2) is 24.3 Å². The van der Waals surface area contributed by atoms with E-state index in [0.717, 1.165) is 134 Å². The van der Waals surface area contributed by atoms with Crippen molar-refractivity contribution >= 4 is 53.4 Å². The van der Waals surface area contributed by atoms with E-state index in [-0.39, 0.29) is 54.0 Å². The number of carbonyl (C=O) groups is 5. The van der Waals surface area contributed by atoms with Crippen molar-refractivity contribution in [2.45, 2.75) is 144 Å². The van der Waals surface area contributed by atoms with E-state index in [0.29, 0.717) is 28.9 Å². The molecule has 1 aromatic rings. The summed E-state index contributed by atoms with van der Waals surface area (Å²) in [6, 6.07) is 8.53. The minimum atomic E-state index is -0.327. The van der Waals surface area contributed by atoms with Crippen molar-refractivity contribution in [1.82, 2.24) is 36.8 Å². The Hall–Kier alpha value is -3.17. The van der Waals surface area contributed by atoms with Crippen LogP contribution in [0.1, 0.15) is 119 Å². The zero-order valence-electron chi connectivity index (χ0n) is 33.3. The number of esters is 1. The summed E-state index contributed by atoms with van der Waals surface area (Å²) in [5.74, 6) is 1.87. The van der Waals surface area contributed by atoms with Gasteiger partial charge in [-0.05, 0) is 82.2 Å². The SMILES string of the molecule is COC(=O)c1ccc(CN(CCCCCCNC(=O)CCCC[C@@H]2SC[C@@H]3NC(=O)N[C@@H]32)CCCCCCNC(=O)CCCC[C@@H]2SC[C@@H]3NC(=O)N[C@@H]32)cc1. The number of nitrogens with one attached hydrogen (secondary N) is 6. The van der Waals surface area contributed by atoms with E-state index in [9.17, 15) is 24.0 Å². The molecule has 4 heterocycles. The molecule has 5 rings (SSSR count). The molecule has 4 aliphatic heterocycles. The molecule has 13 nitrogen and oxygen atoms in total. The highest BCUT2D eigenvalue weighted by Gasteiger charge is 2.43. The third-order valence-electron chi connectivity index (χ3n) is 11.4. The lowest BCUT2D eigenvalue weighted by Crippen LogP contribution is -2.36. The second-order valence-electron chi connectivity index (χ2n) is 15.7. The van der Waals surface area contributed by atoms with Gasteiger partial charge in [-0.2, -0.15) is 23.5 Å². The smallest absolute Gasteiger partial charge is 0.337 e. The summed E-state index contributed by atoms with van der Waals surface area (Å²) in [6.07, 6.45) is 15.4. The molecule has 312 valence electrons. The Balaban J connectivity index is 0.884. The first-order valence-corrected chi connectivity index (χ1v) is 23.2. The molecule has 0 bridgehead atoms. The number of benzene rings is 1. The Kier molecular flexibility index (Phi) is 18.8. The molecule has 4 fully saturated rings. The lowest BCUT2D eigenvalue weighted by Gasteiger charge is -2.22. The van der Waals surface area contributed by atoms with Gasteiger partial charge in [-0.3, -0.25) is 14.5 Å². The maximum atomic E-state index is 12.4. The number of carbonyl (C=O) groups excluding carboxylic acids is 5. The normalized spacial score (nSPS) is 23.5. The summed E-state index contributed by atoms with van der Waals surface area (Å²) in [5, 5.41) is 19.1. The number of nitrogens with zero attached hydrogens (tertiary/aromatic N) is 1. The molecule has 0 radical (unpaired) electrons.